The standard InChI is InChI=1S/C41H79NO10/c1-3-5-7-9-11-13-15-16-17-19-20-22-24-26-28-33(44)36(46)32(31-51-41-39(49)38(48)37(47)35(30-43)52-41)42-40(50)34(45)29-27-25-23-21-18-14-12-10-8-6-4-2/h20,22,32-39,41,43-49H,3-19,21,23-31H2,1-2H3,(H,42,50)/b22-20+. The van der Waals surface area contributed by atoms with Crippen LogP contribution >= 0.6 is 0 Å². The van der Waals surface area contributed by atoms with Crippen molar-refractivity contribution in [2.24, 2.45) is 0 Å². The van der Waals surface area contributed by atoms with E-state index in [1.165, 1.54) is 96.3 Å². The molecule has 9 unspecified atom stereocenters. The van der Waals surface area contributed by atoms with E-state index in [0.29, 0.717) is 12.8 Å². The zero-order valence-corrected chi connectivity index (χ0v) is 32.8. The first-order valence-corrected chi connectivity index (χ1v) is 21.1. The Morgan fingerprint density at radius 3 is 1.65 bits per heavy atom. The summed E-state index contributed by atoms with van der Waals surface area (Å²) < 4.78 is 11.0. The van der Waals surface area contributed by atoms with Gasteiger partial charge in [-0.1, -0.05) is 148 Å². The molecule has 0 radical (unpaired) electrons. The third-order valence-corrected chi connectivity index (χ3v) is 10.3. The van der Waals surface area contributed by atoms with Crippen LogP contribution in [0.15, 0.2) is 12.2 Å². The number of amides is 1. The van der Waals surface area contributed by atoms with E-state index in [1.54, 1.807) is 0 Å². The number of hydrogen-bond acceptors (Lipinski definition) is 10. The molecule has 1 fully saturated rings. The lowest BCUT2D eigenvalue weighted by Crippen LogP contribution is -2.60. The third kappa shape index (κ3) is 22.3. The normalized spacial score (nSPS) is 23.1. The smallest absolute Gasteiger partial charge is 0.249 e. The highest BCUT2D eigenvalue weighted by Gasteiger charge is 2.44. The first-order chi connectivity index (χ1) is 25.2. The molecule has 1 rings (SSSR count). The quantitative estimate of drug-likeness (QED) is 0.0299. The van der Waals surface area contributed by atoms with Crippen molar-refractivity contribution in [3.63, 3.8) is 0 Å². The van der Waals surface area contributed by atoms with Crippen LogP contribution in [0.4, 0.5) is 0 Å². The molecule has 0 aliphatic carbocycles. The summed E-state index contributed by atoms with van der Waals surface area (Å²) in [5, 5.41) is 75.3. The fraction of sp³-hybridized carbons (Fsp3) is 0.927. The van der Waals surface area contributed by atoms with Crippen LogP contribution in [0, 0.1) is 0 Å². The molecule has 0 saturated carbocycles. The minimum Gasteiger partial charge on any atom is -0.394 e. The van der Waals surface area contributed by atoms with Gasteiger partial charge in [0.25, 0.3) is 0 Å². The van der Waals surface area contributed by atoms with Crippen LogP contribution in [0.1, 0.15) is 174 Å². The molecule has 0 bridgehead atoms. The molecule has 11 nitrogen and oxygen atoms in total. The predicted molar refractivity (Wildman–Crippen MR) is 206 cm³/mol. The van der Waals surface area contributed by atoms with E-state index in [0.717, 1.165) is 38.5 Å². The van der Waals surface area contributed by atoms with Crippen LogP contribution in [0.5, 0.6) is 0 Å². The molecule has 0 spiro atoms. The number of rotatable bonds is 34. The number of ether oxygens (including phenoxy) is 2. The molecule has 308 valence electrons. The van der Waals surface area contributed by atoms with Crippen molar-refractivity contribution in [1.82, 2.24) is 5.32 Å². The average molecular weight is 746 g/mol. The van der Waals surface area contributed by atoms with Gasteiger partial charge in [-0.15, -0.1) is 0 Å². The molecule has 1 aliphatic rings. The Morgan fingerprint density at radius 1 is 0.654 bits per heavy atom. The topological polar surface area (TPSA) is 189 Å². The molecule has 52 heavy (non-hydrogen) atoms. The van der Waals surface area contributed by atoms with Crippen LogP contribution in [0.3, 0.4) is 0 Å². The molecule has 0 aromatic carbocycles. The maximum Gasteiger partial charge on any atom is 0.249 e. The maximum atomic E-state index is 13.0. The second kappa shape index (κ2) is 32.1. The zero-order chi connectivity index (χ0) is 38.4. The van der Waals surface area contributed by atoms with E-state index in [-0.39, 0.29) is 12.8 Å². The first kappa shape index (κ1) is 48.9. The molecule has 0 aromatic rings. The van der Waals surface area contributed by atoms with Crippen LogP contribution in [0.25, 0.3) is 0 Å². The summed E-state index contributed by atoms with van der Waals surface area (Å²) in [7, 11) is 0. The minimum atomic E-state index is -1.66. The zero-order valence-electron chi connectivity index (χ0n) is 32.8. The van der Waals surface area contributed by atoms with Crippen molar-refractivity contribution in [2.75, 3.05) is 13.2 Å². The summed E-state index contributed by atoms with van der Waals surface area (Å²) in [5.41, 5.74) is 0. The molecular weight excluding hydrogens is 666 g/mol. The number of unbranched alkanes of at least 4 members (excludes halogenated alkanes) is 20. The number of carbonyl (C=O) groups excluding carboxylic acids is 1. The van der Waals surface area contributed by atoms with Gasteiger partial charge in [0.2, 0.25) is 5.91 Å². The average Bonchev–Trinajstić information content (AvgIpc) is 3.14. The van der Waals surface area contributed by atoms with Crippen molar-refractivity contribution in [1.29, 1.82) is 0 Å². The summed E-state index contributed by atoms with van der Waals surface area (Å²) in [5.74, 6) is -0.708. The van der Waals surface area contributed by atoms with Gasteiger partial charge in [-0.25, -0.2) is 0 Å². The fourth-order valence-electron chi connectivity index (χ4n) is 6.73. The molecule has 1 heterocycles. The van der Waals surface area contributed by atoms with E-state index < -0.39 is 74.2 Å². The lowest BCUT2D eigenvalue weighted by molar-refractivity contribution is -0.303. The van der Waals surface area contributed by atoms with Crippen molar-refractivity contribution >= 4 is 5.91 Å². The fourth-order valence-corrected chi connectivity index (χ4v) is 6.73. The predicted octanol–water partition coefficient (Wildman–Crippen LogP) is 5.72. The Kier molecular flexibility index (Phi) is 30.2. The number of aliphatic hydroxyl groups is 7. The molecule has 1 amide bonds. The van der Waals surface area contributed by atoms with E-state index in [9.17, 15) is 40.5 Å². The van der Waals surface area contributed by atoms with Crippen LogP contribution in [0.2, 0.25) is 0 Å². The van der Waals surface area contributed by atoms with Crippen molar-refractivity contribution < 1.29 is 50.0 Å². The van der Waals surface area contributed by atoms with Crippen molar-refractivity contribution in [2.45, 2.75) is 229 Å². The molecule has 1 saturated heterocycles. The van der Waals surface area contributed by atoms with Gasteiger partial charge >= 0.3 is 0 Å². The van der Waals surface area contributed by atoms with Crippen LogP contribution in [-0.2, 0) is 14.3 Å². The van der Waals surface area contributed by atoms with E-state index in [2.05, 4.69) is 31.3 Å². The Morgan fingerprint density at radius 2 is 1.13 bits per heavy atom. The molecular formula is C41H79NO10. The highest BCUT2D eigenvalue weighted by molar-refractivity contribution is 5.80. The molecule has 11 heteroatoms. The highest BCUT2D eigenvalue weighted by Crippen LogP contribution is 2.23. The SMILES string of the molecule is CCCCCCCCCCC/C=C/CCCC(O)C(O)C(COC1OC(CO)C(O)C(O)C1O)NC(=O)C(O)CCCCCCCCCCCCC. The molecule has 8 N–H and O–H groups in total. The Balaban J connectivity index is 2.55. The highest BCUT2D eigenvalue weighted by atomic mass is 16.7. The maximum absolute atomic E-state index is 13.0. The summed E-state index contributed by atoms with van der Waals surface area (Å²) in [6.07, 6.45) is 19.8. The van der Waals surface area contributed by atoms with E-state index in [1.807, 2.05) is 0 Å². The number of hydrogen-bond donors (Lipinski definition) is 8. The van der Waals surface area contributed by atoms with Gasteiger partial charge in [0.15, 0.2) is 6.29 Å². The number of carbonyl (C=O) groups is 1. The third-order valence-electron chi connectivity index (χ3n) is 10.3. The lowest BCUT2D eigenvalue weighted by Gasteiger charge is -2.40. The first-order valence-electron chi connectivity index (χ1n) is 21.1. The largest absolute Gasteiger partial charge is 0.394 e. The summed E-state index contributed by atoms with van der Waals surface area (Å²) in [4.78, 5) is 13.0. The Hall–Kier alpha value is -1.15. The number of aliphatic hydroxyl groups excluding tert-OH is 7. The van der Waals surface area contributed by atoms with E-state index >= 15 is 0 Å². The number of allylic oxidation sites excluding steroid dienone is 2. The van der Waals surface area contributed by atoms with Crippen LogP contribution < -0.4 is 5.32 Å². The number of nitrogens with one attached hydrogen (secondary N) is 1. The minimum absolute atomic E-state index is 0.257. The second-order valence-electron chi connectivity index (χ2n) is 15.1. The summed E-state index contributed by atoms with van der Waals surface area (Å²) >= 11 is 0. The molecule has 9 atom stereocenters. The van der Waals surface area contributed by atoms with Gasteiger partial charge in [-0.3, -0.25) is 4.79 Å². The summed E-state index contributed by atoms with van der Waals surface area (Å²) in [6.45, 7) is 3.39. The monoisotopic (exact) mass is 746 g/mol. The van der Waals surface area contributed by atoms with Gasteiger partial charge in [0.05, 0.1) is 25.4 Å². The van der Waals surface area contributed by atoms with Gasteiger partial charge in [-0.2, -0.15) is 0 Å². The van der Waals surface area contributed by atoms with E-state index in [4.69, 9.17) is 9.47 Å². The summed E-state index contributed by atoms with van der Waals surface area (Å²) in [6, 6.07) is -1.18. The lowest BCUT2D eigenvalue weighted by atomic mass is 9.98. The molecule has 0 aromatic heterocycles. The second-order valence-corrected chi connectivity index (χ2v) is 15.1. The van der Waals surface area contributed by atoms with Crippen molar-refractivity contribution in [3.8, 4) is 0 Å². The van der Waals surface area contributed by atoms with Crippen molar-refractivity contribution in [3.05, 3.63) is 12.2 Å². The van der Waals surface area contributed by atoms with Crippen LogP contribution in [-0.4, -0.2) is 110 Å². The van der Waals surface area contributed by atoms with Gasteiger partial charge in [0, 0.05) is 0 Å². The Labute approximate surface area is 315 Å². The van der Waals surface area contributed by atoms with Gasteiger partial charge in [0.1, 0.15) is 36.6 Å². The Bertz CT molecular complexity index is 861. The van der Waals surface area contributed by atoms with Gasteiger partial charge < -0.3 is 50.5 Å². The van der Waals surface area contributed by atoms with Gasteiger partial charge in [-0.05, 0) is 38.5 Å². The molecule has 1 aliphatic heterocycles.